The number of nitrogens with zero attached hydrogens (tertiary/aromatic N) is 3. The molecule has 3 aromatic carbocycles. The van der Waals surface area contributed by atoms with Crippen molar-refractivity contribution in [3.63, 3.8) is 0 Å². The number of hydrogen-bond acceptors (Lipinski definition) is 4. The van der Waals surface area contributed by atoms with Gasteiger partial charge in [0.05, 0.1) is 16.7 Å². The zero-order valence-electron chi connectivity index (χ0n) is 19.7. The number of benzene rings is 3. The van der Waals surface area contributed by atoms with E-state index < -0.39 is 21.8 Å². The number of pyridine rings is 1. The van der Waals surface area contributed by atoms with Crippen molar-refractivity contribution in [1.82, 2.24) is 19.3 Å². The summed E-state index contributed by atoms with van der Waals surface area (Å²) in [6, 6.07) is 16.8. The molecule has 2 aromatic heterocycles. The first kappa shape index (κ1) is 24.3. The van der Waals surface area contributed by atoms with Crippen molar-refractivity contribution in [3.8, 4) is 27.9 Å². The molecule has 0 unspecified atom stereocenters. The number of nitrogens with one attached hydrogen (secondary N) is 2. The fourth-order valence-electron chi connectivity index (χ4n) is 4.06. The van der Waals surface area contributed by atoms with Crippen LogP contribution >= 0.6 is 0 Å². The van der Waals surface area contributed by atoms with E-state index in [1.807, 2.05) is 18.2 Å². The molecule has 11 heteroatoms. The molecule has 0 spiro atoms. The molecule has 0 aliphatic rings. The predicted molar refractivity (Wildman–Crippen MR) is 139 cm³/mol. The minimum Gasteiger partial charge on any atom is -0.328 e. The number of rotatable bonds is 6. The quantitative estimate of drug-likeness (QED) is 0.349. The highest BCUT2D eigenvalue weighted by atomic mass is 32.2. The van der Waals surface area contributed by atoms with Crippen LogP contribution in [0, 0.1) is 11.6 Å². The van der Waals surface area contributed by atoms with Gasteiger partial charge in [-0.2, -0.15) is 8.42 Å². The lowest BCUT2D eigenvalue weighted by atomic mass is 10.0. The fraction of sp³-hybridized carbons (Fsp3) is 0.0769. The summed E-state index contributed by atoms with van der Waals surface area (Å²) in [6.07, 6.45) is 3.20. The molecular weight excluding hydrogens is 500 g/mol. The van der Waals surface area contributed by atoms with Crippen LogP contribution in [0.4, 0.5) is 14.5 Å². The second kappa shape index (κ2) is 9.26. The van der Waals surface area contributed by atoms with Crippen molar-refractivity contribution in [3.05, 3.63) is 101 Å². The normalized spacial score (nSPS) is 11.7. The van der Waals surface area contributed by atoms with Gasteiger partial charge in [-0.05, 0) is 65.2 Å². The Bertz CT molecular complexity index is 1790. The SMILES string of the molecule is CNS(=O)(=O)N(C)c1cc(-c2ccc(F)cc2F)cc(-n2cnc3cc(-c4ccc(=O)[nH]c4)ccc32)c1. The van der Waals surface area contributed by atoms with Crippen LogP contribution in [0.25, 0.3) is 39.0 Å². The van der Waals surface area contributed by atoms with Crippen LogP contribution in [0.2, 0.25) is 0 Å². The van der Waals surface area contributed by atoms with E-state index >= 15 is 0 Å². The molecule has 0 fully saturated rings. The van der Waals surface area contributed by atoms with Crippen LogP contribution in [0.15, 0.2) is 84.0 Å². The first-order chi connectivity index (χ1) is 17.7. The smallest absolute Gasteiger partial charge is 0.301 e. The number of fused-ring (bicyclic) bond motifs is 1. The third kappa shape index (κ3) is 4.61. The van der Waals surface area contributed by atoms with Crippen LogP contribution in [0.3, 0.4) is 0 Å². The summed E-state index contributed by atoms with van der Waals surface area (Å²) in [5.41, 5.74) is 4.08. The van der Waals surface area contributed by atoms with Crippen LogP contribution < -0.4 is 14.6 Å². The molecule has 5 aromatic rings. The van der Waals surface area contributed by atoms with Gasteiger partial charge in [0.2, 0.25) is 5.56 Å². The number of aromatic nitrogens is 3. The van der Waals surface area contributed by atoms with Gasteiger partial charge >= 0.3 is 10.2 Å². The van der Waals surface area contributed by atoms with E-state index in [-0.39, 0.29) is 16.8 Å². The summed E-state index contributed by atoms with van der Waals surface area (Å²) in [6.45, 7) is 0. The van der Waals surface area contributed by atoms with Crippen molar-refractivity contribution in [2.75, 3.05) is 18.4 Å². The van der Waals surface area contributed by atoms with Gasteiger partial charge in [-0.3, -0.25) is 13.7 Å². The Morgan fingerprint density at radius 1 is 0.946 bits per heavy atom. The summed E-state index contributed by atoms with van der Waals surface area (Å²) in [5, 5.41) is 0. The van der Waals surface area contributed by atoms with Gasteiger partial charge in [-0.1, -0.05) is 6.07 Å². The highest BCUT2D eigenvalue weighted by molar-refractivity contribution is 7.90. The lowest BCUT2D eigenvalue weighted by molar-refractivity contribution is 0.585. The number of anilines is 1. The lowest BCUT2D eigenvalue weighted by Gasteiger charge is -2.21. The summed E-state index contributed by atoms with van der Waals surface area (Å²) in [7, 11) is -1.19. The molecule has 0 amide bonds. The molecule has 0 saturated carbocycles. The molecule has 188 valence electrons. The Balaban J connectivity index is 1.67. The molecule has 0 atom stereocenters. The number of H-pyrrole nitrogens is 1. The predicted octanol–water partition coefficient (Wildman–Crippen LogP) is 4.23. The fourth-order valence-corrected chi connectivity index (χ4v) is 4.72. The first-order valence-electron chi connectivity index (χ1n) is 11.1. The van der Waals surface area contributed by atoms with E-state index in [0.29, 0.717) is 16.8 Å². The monoisotopic (exact) mass is 521 g/mol. The average molecular weight is 522 g/mol. The Hall–Kier alpha value is -4.35. The molecule has 0 saturated heterocycles. The van der Waals surface area contributed by atoms with E-state index in [1.54, 1.807) is 35.3 Å². The maximum atomic E-state index is 14.7. The third-order valence-corrected chi connectivity index (χ3v) is 7.52. The van der Waals surface area contributed by atoms with Crippen molar-refractivity contribution < 1.29 is 17.2 Å². The molecule has 0 bridgehead atoms. The van der Waals surface area contributed by atoms with Crippen LogP contribution in [-0.4, -0.2) is 37.0 Å². The Morgan fingerprint density at radius 3 is 2.43 bits per heavy atom. The number of hydrogen-bond donors (Lipinski definition) is 2. The molecule has 0 aliphatic heterocycles. The van der Waals surface area contributed by atoms with Gasteiger partial charge in [0.15, 0.2) is 0 Å². The summed E-state index contributed by atoms with van der Waals surface area (Å²) >= 11 is 0. The Kier molecular flexibility index (Phi) is 6.10. The third-order valence-electron chi connectivity index (χ3n) is 6.07. The van der Waals surface area contributed by atoms with Gasteiger partial charge in [0, 0.05) is 43.7 Å². The van der Waals surface area contributed by atoms with E-state index in [1.165, 1.54) is 32.3 Å². The van der Waals surface area contributed by atoms with E-state index in [9.17, 15) is 22.0 Å². The minimum absolute atomic E-state index is 0.115. The summed E-state index contributed by atoms with van der Waals surface area (Å²) in [4.78, 5) is 18.5. The molecule has 0 aliphatic carbocycles. The number of halogens is 2. The van der Waals surface area contributed by atoms with E-state index in [0.717, 1.165) is 33.1 Å². The van der Waals surface area contributed by atoms with Gasteiger partial charge in [-0.25, -0.2) is 18.5 Å². The van der Waals surface area contributed by atoms with Crippen LogP contribution in [0.1, 0.15) is 0 Å². The number of imidazole rings is 1. The number of aromatic amines is 1. The van der Waals surface area contributed by atoms with Crippen molar-refractivity contribution in [2.45, 2.75) is 0 Å². The molecule has 2 N–H and O–H groups in total. The zero-order valence-corrected chi connectivity index (χ0v) is 20.6. The van der Waals surface area contributed by atoms with Gasteiger partial charge in [-0.15, -0.1) is 0 Å². The van der Waals surface area contributed by atoms with Crippen molar-refractivity contribution in [2.24, 2.45) is 0 Å². The zero-order chi connectivity index (χ0) is 26.3. The minimum atomic E-state index is -3.85. The lowest BCUT2D eigenvalue weighted by Crippen LogP contribution is -2.36. The van der Waals surface area contributed by atoms with E-state index in [2.05, 4.69) is 14.7 Å². The van der Waals surface area contributed by atoms with Gasteiger partial charge < -0.3 is 4.98 Å². The average Bonchev–Trinajstić information content (AvgIpc) is 3.32. The standard InChI is InChI=1S/C26H21F2N5O3S/c1-29-37(35,36)32(2)20-9-18(22-6-5-19(27)12-23(22)28)10-21(13-20)33-15-31-24-11-16(3-7-25(24)33)17-4-8-26(34)30-14-17/h3-15,29H,1-2H3,(H,30,34). The highest BCUT2D eigenvalue weighted by Gasteiger charge is 2.19. The molecule has 2 heterocycles. The van der Waals surface area contributed by atoms with Gasteiger partial charge in [0.25, 0.3) is 0 Å². The Morgan fingerprint density at radius 2 is 1.73 bits per heavy atom. The van der Waals surface area contributed by atoms with Crippen LogP contribution in [0.5, 0.6) is 0 Å². The van der Waals surface area contributed by atoms with Crippen LogP contribution in [-0.2, 0) is 10.2 Å². The second-order valence-corrected chi connectivity index (χ2v) is 10.2. The molecule has 5 rings (SSSR count). The topological polar surface area (TPSA) is 100 Å². The largest absolute Gasteiger partial charge is 0.328 e. The molecule has 37 heavy (non-hydrogen) atoms. The Labute approximate surface area is 211 Å². The van der Waals surface area contributed by atoms with E-state index in [4.69, 9.17) is 0 Å². The highest BCUT2D eigenvalue weighted by Crippen LogP contribution is 2.33. The maximum absolute atomic E-state index is 14.7. The van der Waals surface area contributed by atoms with Gasteiger partial charge in [0.1, 0.15) is 18.0 Å². The summed E-state index contributed by atoms with van der Waals surface area (Å²) in [5.74, 6) is -1.49. The second-order valence-electron chi connectivity index (χ2n) is 8.30. The molecular formula is C26H21F2N5O3S. The molecule has 8 nitrogen and oxygen atoms in total. The van der Waals surface area contributed by atoms with Crippen molar-refractivity contribution >= 4 is 26.9 Å². The molecule has 0 radical (unpaired) electrons. The maximum Gasteiger partial charge on any atom is 0.301 e. The summed E-state index contributed by atoms with van der Waals surface area (Å²) < 4.78 is 58.3. The first-order valence-corrected chi connectivity index (χ1v) is 12.5. The van der Waals surface area contributed by atoms with Crippen molar-refractivity contribution in [1.29, 1.82) is 0 Å².